The molecule has 3 nitrogen and oxygen atoms in total. The van der Waals surface area contributed by atoms with Gasteiger partial charge in [0.2, 0.25) is 0 Å². The van der Waals surface area contributed by atoms with Crippen LogP contribution in [-0.2, 0) is 10.2 Å². The molecule has 5 rings (SSSR count). The zero-order valence-electron chi connectivity index (χ0n) is 18.6. The molecular formula is C27H38N2O. The molecule has 1 heterocycles. The highest BCUT2D eigenvalue weighted by atomic mass is 16.1. The van der Waals surface area contributed by atoms with E-state index in [1.807, 2.05) is 0 Å². The topological polar surface area (TPSA) is 32.3 Å². The zero-order chi connectivity index (χ0) is 20.7. The molecule has 4 aliphatic rings. The molecule has 1 aromatic rings. The minimum absolute atomic E-state index is 0. The summed E-state index contributed by atoms with van der Waals surface area (Å²) in [7, 11) is 0. The average molecular weight is 407 g/mol. The molecule has 1 spiro atoms. The van der Waals surface area contributed by atoms with Crippen molar-refractivity contribution in [1.29, 1.82) is 0 Å². The van der Waals surface area contributed by atoms with Crippen LogP contribution in [0.1, 0.15) is 64.9 Å². The Bertz CT molecular complexity index is 868. The number of hydrogen-bond donors (Lipinski definition) is 1. The van der Waals surface area contributed by atoms with Gasteiger partial charge in [0.25, 0.3) is 5.91 Å². The third-order valence-corrected chi connectivity index (χ3v) is 8.18. The fraction of sp³-hybridized carbons (Fsp3) is 0.593. The first kappa shape index (κ1) is 20.1. The smallest absolute Gasteiger partial charge is 0.251 e. The third kappa shape index (κ3) is 3.56. The van der Waals surface area contributed by atoms with Gasteiger partial charge in [0.15, 0.2) is 0 Å². The van der Waals surface area contributed by atoms with E-state index >= 15 is 0 Å². The molecule has 2 bridgehead atoms. The molecule has 1 amide bonds. The van der Waals surface area contributed by atoms with Crippen molar-refractivity contribution in [3.05, 3.63) is 53.6 Å². The highest BCUT2D eigenvalue weighted by Crippen LogP contribution is 2.48. The SMILES string of the molecule is CCCC(C)NC(=O)C1=CC2(CCN(CC3CC4C=CC3C4)CC2)c2ccccc21.[HH]. The summed E-state index contributed by atoms with van der Waals surface area (Å²) in [4.78, 5) is 15.8. The summed E-state index contributed by atoms with van der Waals surface area (Å²) in [5.74, 6) is 2.66. The second-order valence-corrected chi connectivity index (χ2v) is 10.3. The summed E-state index contributed by atoms with van der Waals surface area (Å²) in [6.45, 7) is 7.83. The second kappa shape index (κ2) is 8.00. The van der Waals surface area contributed by atoms with E-state index in [0.29, 0.717) is 0 Å². The minimum Gasteiger partial charge on any atom is -0.350 e. The number of benzene rings is 1. The van der Waals surface area contributed by atoms with E-state index in [9.17, 15) is 4.79 Å². The van der Waals surface area contributed by atoms with Gasteiger partial charge in [-0.05, 0) is 81.0 Å². The number of likely N-dealkylation sites (tertiary alicyclic amines) is 1. The summed E-state index contributed by atoms with van der Waals surface area (Å²) in [6, 6.07) is 8.85. The second-order valence-electron chi connectivity index (χ2n) is 10.3. The average Bonchev–Trinajstić information content (AvgIpc) is 3.44. The molecule has 3 heteroatoms. The molecule has 162 valence electrons. The quantitative estimate of drug-likeness (QED) is 0.660. The maximum Gasteiger partial charge on any atom is 0.251 e. The molecule has 2 fully saturated rings. The largest absolute Gasteiger partial charge is 0.350 e. The summed E-state index contributed by atoms with van der Waals surface area (Å²) < 4.78 is 0. The van der Waals surface area contributed by atoms with Gasteiger partial charge in [0.05, 0.1) is 0 Å². The third-order valence-electron chi connectivity index (χ3n) is 8.18. The van der Waals surface area contributed by atoms with Gasteiger partial charge in [-0.3, -0.25) is 4.79 Å². The zero-order valence-corrected chi connectivity index (χ0v) is 18.6. The predicted octanol–water partition coefficient (Wildman–Crippen LogP) is 5.18. The molecule has 1 N–H and O–H groups in total. The number of piperidine rings is 1. The van der Waals surface area contributed by atoms with E-state index in [4.69, 9.17) is 0 Å². The Kier molecular flexibility index (Phi) is 5.35. The first-order valence-electron chi connectivity index (χ1n) is 12.1. The van der Waals surface area contributed by atoms with Gasteiger partial charge in [-0.15, -0.1) is 0 Å². The summed E-state index contributed by atoms with van der Waals surface area (Å²) in [6.07, 6.45) is 14.4. The van der Waals surface area contributed by atoms with Crippen LogP contribution in [0.5, 0.6) is 0 Å². The van der Waals surface area contributed by atoms with Crippen molar-refractivity contribution in [3.8, 4) is 0 Å². The van der Waals surface area contributed by atoms with Crippen LogP contribution in [0.15, 0.2) is 42.5 Å². The van der Waals surface area contributed by atoms with Crippen LogP contribution in [0.3, 0.4) is 0 Å². The molecule has 0 aromatic heterocycles. The van der Waals surface area contributed by atoms with Crippen LogP contribution in [0.25, 0.3) is 5.57 Å². The Balaban J connectivity index is 0.00000231. The molecule has 30 heavy (non-hydrogen) atoms. The molecule has 0 radical (unpaired) electrons. The molecule has 3 aliphatic carbocycles. The van der Waals surface area contributed by atoms with Gasteiger partial charge in [0.1, 0.15) is 0 Å². The van der Waals surface area contributed by atoms with Gasteiger partial charge >= 0.3 is 0 Å². The number of hydrogen-bond acceptors (Lipinski definition) is 2. The van der Waals surface area contributed by atoms with E-state index in [0.717, 1.165) is 67.7 Å². The van der Waals surface area contributed by atoms with Crippen molar-refractivity contribution < 1.29 is 6.22 Å². The van der Waals surface area contributed by atoms with Crippen molar-refractivity contribution in [2.45, 2.75) is 63.8 Å². The van der Waals surface area contributed by atoms with Gasteiger partial charge < -0.3 is 10.2 Å². The molecule has 4 unspecified atom stereocenters. The van der Waals surface area contributed by atoms with Crippen molar-refractivity contribution in [2.75, 3.05) is 19.6 Å². The van der Waals surface area contributed by atoms with Crippen LogP contribution in [0.4, 0.5) is 0 Å². The lowest BCUT2D eigenvalue weighted by molar-refractivity contribution is -0.116. The first-order valence-corrected chi connectivity index (χ1v) is 12.1. The highest BCUT2D eigenvalue weighted by Gasteiger charge is 2.43. The van der Waals surface area contributed by atoms with Gasteiger partial charge in [-0.2, -0.15) is 0 Å². The van der Waals surface area contributed by atoms with E-state index in [1.54, 1.807) is 0 Å². The van der Waals surface area contributed by atoms with Crippen LogP contribution >= 0.6 is 0 Å². The predicted molar refractivity (Wildman–Crippen MR) is 125 cm³/mol. The van der Waals surface area contributed by atoms with Crippen LogP contribution in [0.2, 0.25) is 0 Å². The summed E-state index contributed by atoms with van der Waals surface area (Å²) >= 11 is 0. The Morgan fingerprint density at radius 3 is 2.73 bits per heavy atom. The van der Waals surface area contributed by atoms with Crippen molar-refractivity contribution in [2.24, 2.45) is 17.8 Å². The summed E-state index contributed by atoms with van der Waals surface area (Å²) in [5, 5.41) is 3.23. The number of carbonyl (C=O) groups excluding carboxylic acids is 1. The summed E-state index contributed by atoms with van der Waals surface area (Å²) in [5.41, 5.74) is 3.48. The van der Waals surface area contributed by atoms with E-state index < -0.39 is 0 Å². The van der Waals surface area contributed by atoms with E-state index in [2.05, 4.69) is 66.6 Å². The van der Waals surface area contributed by atoms with Crippen molar-refractivity contribution in [3.63, 3.8) is 0 Å². The number of nitrogens with zero attached hydrogens (tertiary/aromatic N) is 1. The normalized spacial score (nSPS) is 29.8. The number of carbonyl (C=O) groups is 1. The number of allylic oxidation sites excluding steroid dienone is 3. The Hall–Kier alpha value is -1.87. The van der Waals surface area contributed by atoms with E-state index in [-0.39, 0.29) is 18.8 Å². The highest BCUT2D eigenvalue weighted by molar-refractivity contribution is 6.21. The van der Waals surface area contributed by atoms with Crippen LogP contribution in [0, 0.1) is 17.8 Å². The number of amides is 1. The molecular weight excluding hydrogens is 368 g/mol. The Morgan fingerprint density at radius 1 is 1.23 bits per heavy atom. The van der Waals surface area contributed by atoms with Crippen LogP contribution < -0.4 is 5.32 Å². The van der Waals surface area contributed by atoms with Crippen LogP contribution in [-0.4, -0.2) is 36.5 Å². The lowest BCUT2D eigenvalue weighted by atomic mass is 9.74. The fourth-order valence-electron chi connectivity index (χ4n) is 6.56. The number of nitrogens with one attached hydrogen (secondary N) is 1. The molecule has 1 aliphatic heterocycles. The van der Waals surface area contributed by atoms with Crippen molar-refractivity contribution in [1.82, 2.24) is 10.2 Å². The molecule has 1 saturated carbocycles. The monoisotopic (exact) mass is 406 g/mol. The molecule has 1 aromatic carbocycles. The first-order chi connectivity index (χ1) is 14.6. The Morgan fingerprint density at radius 2 is 2.03 bits per heavy atom. The Labute approximate surface area is 183 Å². The number of fused-ring (bicyclic) bond motifs is 4. The maximum absolute atomic E-state index is 13.1. The fourth-order valence-corrected chi connectivity index (χ4v) is 6.56. The molecule has 1 saturated heterocycles. The lowest BCUT2D eigenvalue weighted by Crippen LogP contribution is -2.43. The molecule has 4 atom stereocenters. The van der Waals surface area contributed by atoms with Gasteiger partial charge in [0, 0.05) is 25.0 Å². The van der Waals surface area contributed by atoms with Crippen molar-refractivity contribution >= 4 is 11.5 Å². The number of rotatable bonds is 6. The maximum atomic E-state index is 13.1. The lowest BCUT2D eigenvalue weighted by Gasteiger charge is -2.40. The van der Waals surface area contributed by atoms with Gasteiger partial charge in [-0.1, -0.05) is 55.8 Å². The standard InChI is InChI=1S/C27H36N2O.H2/c1-3-6-19(2)28-26(30)24-17-27(25-8-5-4-7-23(24)25)11-13-29(14-12-27)18-22-16-20-9-10-21(22)15-20;/h4-5,7-10,17,19-22H,3,6,11-16,18H2,1-2H3,(H,28,30);1H. The minimum atomic E-state index is 0. The van der Waals surface area contributed by atoms with E-state index in [1.165, 1.54) is 24.9 Å². The van der Waals surface area contributed by atoms with Gasteiger partial charge in [-0.25, -0.2) is 0 Å².